The van der Waals surface area contributed by atoms with Crippen molar-refractivity contribution in [1.29, 1.82) is 0 Å². The molecule has 4 nitrogen and oxygen atoms in total. The van der Waals surface area contributed by atoms with Gasteiger partial charge in [-0.05, 0) is 40.0 Å². The molecule has 0 spiro atoms. The van der Waals surface area contributed by atoms with Crippen molar-refractivity contribution in [3.05, 3.63) is 27.1 Å². The molecule has 1 rings (SSSR count). The maximum absolute atomic E-state index is 11.4. The van der Waals surface area contributed by atoms with E-state index in [1.165, 1.54) is 0 Å². The molecule has 6 heteroatoms. The van der Waals surface area contributed by atoms with Crippen LogP contribution in [0.25, 0.3) is 0 Å². The fourth-order valence-corrected chi connectivity index (χ4v) is 2.22. The van der Waals surface area contributed by atoms with Crippen molar-refractivity contribution in [3.63, 3.8) is 0 Å². The van der Waals surface area contributed by atoms with Gasteiger partial charge in [-0.25, -0.2) is 5.48 Å². The summed E-state index contributed by atoms with van der Waals surface area (Å²) in [5, 5.41) is 0. The number of nitrogens with one attached hydrogen (secondary N) is 1. The molecule has 0 radical (unpaired) electrons. The van der Waals surface area contributed by atoms with Gasteiger partial charge in [0, 0.05) is 4.47 Å². The number of hydrogen-bond donors (Lipinski definition) is 1. The second-order valence-corrected chi connectivity index (χ2v) is 5.86. The molecule has 1 N–H and O–H groups in total. The SMILES string of the molecule is CC(C)CONC(=O)COc1ccc(Br)cc1Br. The van der Waals surface area contributed by atoms with Gasteiger partial charge >= 0.3 is 0 Å². The molecule has 18 heavy (non-hydrogen) atoms. The zero-order chi connectivity index (χ0) is 13.5. The lowest BCUT2D eigenvalue weighted by Crippen LogP contribution is -2.30. The van der Waals surface area contributed by atoms with Crippen LogP contribution in [0.2, 0.25) is 0 Å². The average Bonchev–Trinajstić information content (AvgIpc) is 2.27. The lowest BCUT2D eigenvalue weighted by Gasteiger charge is -2.10. The van der Waals surface area contributed by atoms with Gasteiger partial charge in [0.1, 0.15) is 5.75 Å². The first-order valence-corrected chi connectivity index (χ1v) is 7.06. The van der Waals surface area contributed by atoms with Crippen molar-refractivity contribution in [3.8, 4) is 5.75 Å². The molecule has 0 unspecified atom stereocenters. The summed E-state index contributed by atoms with van der Waals surface area (Å²) in [7, 11) is 0. The van der Waals surface area contributed by atoms with Crippen molar-refractivity contribution >= 4 is 37.8 Å². The molecule has 0 saturated heterocycles. The summed E-state index contributed by atoms with van der Waals surface area (Å²) in [5.74, 6) is 0.662. The monoisotopic (exact) mass is 379 g/mol. The number of hydroxylamine groups is 1. The Hall–Kier alpha value is -0.590. The highest BCUT2D eigenvalue weighted by molar-refractivity contribution is 9.11. The highest BCUT2D eigenvalue weighted by Gasteiger charge is 2.06. The van der Waals surface area contributed by atoms with Crippen LogP contribution in [0.4, 0.5) is 0 Å². The van der Waals surface area contributed by atoms with Crippen molar-refractivity contribution in [2.24, 2.45) is 5.92 Å². The van der Waals surface area contributed by atoms with E-state index in [0.29, 0.717) is 18.3 Å². The van der Waals surface area contributed by atoms with E-state index in [1.807, 2.05) is 26.0 Å². The predicted molar refractivity (Wildman–Crippen MR) is 76.3 cm³/mol. The van der Waals surface area contributed by atoms with Crippen molar-refractivity contribution in [1.82, 2.24) is 5.48 Å². The van der Waals surface area contributed by atoms with E-state index in [-0.39, 0.29) is 12.5 Å². The molecule has 0 aliphatic rings. The summed E-state index contributed by atoms with van der Waals surface area (Å²) < 4.78 is 7.07. The van der Waals surface area contributed by atoms with Gasteiger partial charge in [0.2, 0.25) is 0 Å². The van der Waals surface area contributed by atoms with E-state index in [9.17, 15) is 4.79 Å². The second kappa shape index (κ2) is 7.76. The summed E-state index contributed by atoms with van der Waals surface area (Å²) in [6.45, 7) is 4.40. The summed E-state index contributed by atoms with van der Waals surface area (Å²) in [4.78, 5) is 16.4. The Kier molecular flexibility index (Phi) is 6.67. The molecule has 100 valence electrons. The Morgan fingerprint density at radius 2 is 2.11 bits per heavy atom. The molecule has 0 aromatic heterocycles. The zero-order valence-corrected chi connectivity index (χ0v) is 13.4. The first kappa shape index (κ1) is 15.5. The van der Waals surface area contributed by atoms with Crippen LogP contribution in [0.1, 0.15) is 13.8 Å². The van der Waals surface area contributed by atoms with Crippen LogP contribution >= 0.6 is 31.9 Å². The fraction of sp³-hybridized carbons (Fsp3) is 0.417. The Balaban J connectivity index is 2.33. The molecule has 0 aliphatic heterocycles. The largest absolute Gasteiger partial charge is 0.483 e. The second-order valence-electron chi connectivity index (χ2n) is 4.09. The molecule has 1 aromatic carbocycles. The van der Waals surface area contributed by atoms with Crippen LogP contribution in [0.15, 0.2) is 27.1 Å². The van der Waals surface area contributed by atoms with Gasteiger partial charge in [-0.1, -0.05) is 29.8 Å². The molecule has 0 bridgehead atoms. The molecule has 0 saturated carbocycles. The highest BCUT2D eigenvalue weighted by Crippen LogP contribution is 2.27. The van der Waals surface area contributed by atoms with Crippen LogP contribution < -0.4 is 10.2 Å². The van der Waals surface area contributed by atoms with Crippen molar-refractivity contribution in [2.45, 2.75) is 13.8 Å². The summed E-state index contributed by atoms with van der Waals surface area (Å²) >= 11 is 6.69. The predicted octanol–water partition coefficient (Wildman–Crippen LogP) is 3.29. The minimum Gasteiger partial charge on any atom is -0.483 e. The van der Waals surface area contributed by atoms with Crippen LogP contribution in [0, 0.1) is 5.92 Å². The van der Waals surface area contributed by atoms with Gasteiger partial charge in [0.05, 0.1) is 11.1 Å². The molecule has 0 fully saturated rings. The van der Waals surface area contributed by atoms with Gasteiger partial charge in [0.15, 0.2) is 6.61 Å². The third kappa shape index (κ3) is 5.84. The molecule has 0 aliphatic carbocycles. The maximum atomic E-state index is 11.4. The number of halogens is 2. The molecular weight excluding hydrogens is 366 g/mol. The van der Waals surface area contributed by atoms with Crippen molar-refractivity contribution < 1.29 is 14.4 Å². The van der Waals surface area contributed by atoms with E-state index in [4.69, 9.17) is 9.57 Å². The van der Waals surface area contributed by atoms with Gasteiger partial charge in [0.25, 0.3) is 5.91 Å². The lowest BCUT2D eigenvalue weighted by atomic mass is 10.2. The summed E-state index contributed by atoms with van der Waals surface area (Å²) in [5.41, 5.74) is 2.33. The summed E-state index contributed by atoms with van der Waals surface area (Å²) in [6.07, 6.45) is 0. The normalized spacial score (nSPS) is 10.5. The van der Waals surface area contributed by atoms with Crippen molar-refractivity contribution in [2.75, 3.05) is 13.2 Å². The van der Waals surface area contributed by atoms with Gasteiger partial charge in [-0.3, -0.25) is 9.63 Å². The van der Waals surface area contributed by atoms with Gasteiger partial charge in [-0.2, -0.15) is 0 Å². The number of ether oxygens (including phenoxy) is 1. The Morgan fingerprint density at radius 1 is 1.39 bits per heavy atom. The van der Waals surface area contributed by atoms with E-state index >= 15 is 0 Å². The molecule has 1 aromatic rings. The van der Waals surface area contributed by atoms with E-state index in [2.05, 4.69) is 37.3 Å². The average molecular weight is 381 g/mol. The first-order chi connectivity index (χ1) is 8.49. The number of hydrogen-bond acceptors (Lipinski definition) is 3. The first-order valence-electron chi connectivity index (χ1n) is 5.47. The molecular formula is C12H15Br2NO3. The van der Waals surface area contributed by atoms with Crippen LogP contribution in [-0.4, -0.2) is 19.1 Å². The van der Waals surface area contributed by atoms with Crippen LogP contribution in [0.3, 0.4) is 0 Å². The summed E-state index contributed by atoms with van der Waals surface area (Å²) in [6, 6.07) is 5.46. The van der Waals surface area contributed by atoms with E-state index in [0.717, 1.165) is 8.95 Å². The third-order valence-electron chi connectivity index (χ3n) is 1.86. The van der Waals surface area contributed by atoms with E-state index < -0.39 is 0 Å². The standard InChI is InChI=1S/C12H15Br2NO3/c1-8(2)6-18-15-12(16)7-17-11-4-3-9(13)5-10(11)14/h3-5,8H,6-7H2,1-2H3,(H,15,16). The fourth-order valence-electron chi connectivity index (χ4n) is 1.05. The highest BCUT2D eigenvalue weighted by atomic mass is 79.9. The number of amides is 1. The minimum absolute atomic E-state index is 0.0850. The molecule has 0 heterocycles. The smallest absolute Gasteiger partial charge is 0.281 e. The van der Waals surface area contributed by atoms with Crippen LogP contribution in [0.5, 0.6) is 5.75 Å². The number of rotatable bonds is 6. The Labute approximate surface area is 123 Å². The number of carbonyl (C=O) groups is 1. The van der Waals surface area contributed by atoms with Gasteiger partial charge < -0.3 is 4.74 Å². The minimum atomic E-state index is -0.314. The quantitative estimate of drug-likeness (QED) is 0.770. The number of carbonyl (C=O) groups excluding carboxylic acids is 1. The van der Waals surface area contributed by atoms with Gasteiger partial charge in [-0.15, -0.1) is 0 Å². The maximum Gasteiger partial charge on any atom is 0.281 e. The van der Waals surface area contributed by atoms with E-state index in [1.54, 1.807) is 6.07 Å². The molecule has 1 amide bonds. The topological polar surface area (TPSA) is 47.6 Å². The third-order valence-corrected chi connectivity index (χ3v) is 2.97. The Bertz CT molecular complexity index is 410. The van der Waals surface area contributed by atoms with Crippen LogP contribution in [-0.2, 0) is 9.63 Å². The Morgan fingerprint density at radius 3 is 2.72 bits per heavy atom. The number of benzene rings is 1. The molecule has 0 atom stereocenters. The lowest BCUT2D eigenvalue weighted by molar-refractivity contribution is -0.136. The zero-order valence-electron chi connectivity index (χ0n) is 10.2.